The van der Waals surface area contributed by atoms with Crippen molar-refractivity contribution in [3.8, 4) is 5.75 Å². The molecular formula is C17H26N2O4. The Hall–Kier alpha value is -2.24. The fourth-order valence-electron chi connectivity index (χ4n) is 1.83. The van der Waals surface area contributed by atoms with Gasteiger partial charge in [0.05, 0.1) is 17.9 Å². The van der Waals surface area contributed by atoms with Gasteiger partial charge in [0.2, 0.25) is 0 Å². The molecular weight excluding hydrogens is 296 g/mol. The minimum atomic E-state index is -0.428. The average molecular weight is 322 g/mol. The molecule has 0 aromatic heterocycles. The summed E-state index contributed by atoms with van der Waals surface area (Å²) >= 11 is 0. The largest absolute Gasteiger partial charge is 0.482 e. The molecule has 1 rings (SSSR count). The van der Waals surface area contributed by atoms with Crippen molar-refractivity contribution in [3.63, 3.8) is 0 Å². The third-order valence-electron chi connectivity index (χ3n) is 3.31. The molecule has 23 heavy (non-hydrogen) atoms. The average Bonchev–Trinajstić information content (AvgIpc) is 2.56. The Morgan fingerprint density at radius 2 is 1.96 bits per heavy atom. The fourth-order valence-corrected chi connectivity index (χ4v) is 1.83. The summed E-state index contributed by atoms with van der Waals surface area (Å²) in [4.78, 5) is 25.4. The lowest BCUT2D eigenvalue weighted by Crippen LogP contribution is -2.32. The molecule has 0 radical (unpaired) electrons. The maximum atomic E-state index is 12.0. The molecule has 0 aliphatic heterocycles. The molecule has 6 nitrogen and oxygen atoms in total. The Balaban J connectivity index is 2.65. The van der Waals surface area contributed by atoms with Gasteiger partial charge < -0.3 is 20.1 Å². The van der Waals surface area contributed by atoms with Crippen LogP contribution in [-0.2, 0) is 9.53 Å². The molecule has 0 atom stereocenters. The molecule has 128 valence electrons. The Kier molecular flexibility index (Phi) is 7.94. The summed E-state index contributed by atoms with van der Waals surface area (Å²) in [6.45, 7) is 4.93. The van der Waals surface area contributed by atoms with E-state index >= 15 is 0 Å². The number of nitrogens with zero attached hydrogens (tertiary/aromatic N) is 1. The van der Waals surface area contributed by atoms with E-state index in [4.69, 9.17) is 15.2 Å². The van der Waals surface area contributed by atoms with Crippen LogP contribution in [0, 0.1) is 0 Å². The van der Waals surface area contributed by atoms with E-state index in [9.17, 15) is 9.59 Å². The Morgan fingerprint density at radius 1 is 1.22 bits per heavy atom. The summed E-state index contributed by atoms with van der Waals surface area (Å²) < 4.78 is 10.5. The number of esters is 1. The number of nitrogens with two attached hydrogens (primary N) is 1. The van der Waals surface area contributed by atoms with Crippen molar-refractivity contribution in [2.24, 2.45) is 0 Å². The topological polar surface area (TPSA) is 81.9 Å². The van der Waals surface area contributed by atoms with Crippen molar-refractivity contribution >= 4 is 17.6 Å². The highest BCUT2D eigenvalue weighted by molar-refractivity contribution is 5.90. The number of anilines is 1. The minimum absolute atomic E-state index is 0.113. The van der Waals surface area contributed by atoms with Crippen molar-refractivity contribution in [1.82, 2.24) is 4.90 Å². The molecule has 0 fully saturated rings. The molecule has 1 amide bonds. The lowest BCUT2D eigenvalue weighted by molar-refractivity contribution is -0.132. The molecule has 0 bridgehead atoms. The first-order valence-electron chi connectivity index (χ1n) is 7.93. The van der Waals surface area contributed by atoms with Crippen molar-refractivity contribution in [1.29, 1.82) is 0 Å². The zero-order valence-electron chi connectivity index (χ0n) is 14.1. The Bertz CT molecular complexity index is 531. The van der Waals surface area contributed by atoms with Crippen molar-refractivity contribution in [2.75, 3.05) is 32.5 Å². The summed E-state index contributed by atoms with van der Waals surface area (Å²) in [6, 6.07) is 4.66. The molecule has 6 heteroatoms. The molecule has 2 N–H and O–H groups in total. The summed E-state index contributed by atoms with van der Waals surface area (Å²) in [6.07, 6.45) is 2.72. The van der Waals surface area contributed by atoms with Gasteiger partial charge >= 0.3 is 5.97 Å². The normalized spacial score (nSPS) is 10.2. The van der Waals surface area contributed by atoms with Crippen LogP contribution in [0.25, 0.3) is 0 Å². The molecule has 0 unspecified atom stereocenters. The van der Waals surface area contributed by atoms with Gasteiger partial charge in [-0.3, -0.25) is 4.79 Å². The predicted octanol–water partition coefficient (Wildman–Crippen LogP) is 2.47. The van der Waals surface area contributed by atoms with Crippen LogP contribution in [0.2, 0.25) is 0 Å². The first-order chi connectivity index (χ1) is 11.0. The highest BCUT2D eigenvalue weighted by atomic mass is 16.5. The number of unbranched alkanes of at least 4 members (excludes halogenated alkanes) is 1. The van der Waals surface area contributed by atoms with Crippen LogP contribution >= 0.6 is 0 Å². The SMILES string of the molecule is CCCCN(C)C(=O)COc1cc(C(=O)OCCC)ccc1N. The van der Waals surface area contributed by atoms with Gasteiger partial charge in [0.1, 0.15) is 5.75 Å². The van der Waals surface area contributed by atoms with E-state index in [1.807, 2.05) is 6.92 Å². The number of carbonyl (C=O) groups is 2. The molecule has 1 aromatic carbocycles. The fraction of sp³-hybridized carbons (Fsp3) is 0.529. The maximum Gasteiger partial charge on any atom is 0.338 e. The van der Waals surface area contributed by atoms with E-state index in [0.717, 1.165) is 19.3 Å². The van der Waals surface area contributed by atoms with E-state index in [0.29, 0.717) is 30.2 Å². The number of rotatable bonds is 9. The van der Waals surface area contributed by atoms with Gasteiger partial charge in [-0.25, -0.2) is 4.79 Å². The van der Waals surface area contributed by atoms with Crippen molar-refractivity contribution < 1.29 is 19.1 Å². The second-order valence-corrected chi connectivity index (χ2v) is 5.35. The van der Waals surface area contributed by atoms with Crippen LogP contribution in [0.4, 0.5) is 5.69 Å². The number of ether oxygens (including phenoxy) is 2. The van der Waals surface area contributed by atoms with E-state index in [2.05, 4.69) is 6.92 Å². The number of benzene rings is 1. The van der Waals surface area contributed by atoms with E-state index in [-0.39, 0.29) is 12.5 Å². The summed E-state index contributed by atoms with van der Waals surface area (Å²) in [5.41, 5.74) is 6.56. The minimum Gasteiger partial charge on any atom is -0.482 e. The highest BCUT2D eigenvalue weighted by Crippen LogP contribution is 2.23. The summed E-state index contributed by atoms with van der Waals surface area (Å²) in [7, 11) is 1.74. The van der Waals surface area contributed by atoms with Gasteiger partial charge in [-0.2, -0.15) is 0 Å². The van der Waals surface area contributed by atoms with E-state index in [1.54, 1.807) is 24.1 Å². The van der Waals surface area contributed by atoms with E-state index in [1.165, 1.54) is 6.07 Å². The predicted molar refractivity (Wildman–Crippen MR) is 89.5 cm³/mol. The number of amides is 1. The molecule has 1 aromatic rings. The smallest absolute Gasteiger partial charge is 0.338 e. The third kappa shape index (κ3) is 6.18. The van der Waals surface area contributed by atoms with Gasteiger partial charge in [0, 0.05) is 13.6 Å². The Morgan fingerprint density at radius 3 is 2.61 bits per heavy atom. The standard InChI is InChI=1S/C17H26N2O4/c1-4-6-9-19(3)16(20)12-23-15-11-13(7-8-14(15)18)17(21)22-10-5-2/h7-8,11H,4-6,9-10,12,18H2,1-3H3. The molecule has 0 heterocycles. The zero-order valence-corrected chi connectivity index (χ0v) is 14.1. The number of hydrogen-bond donors (Lipinski definition) is 1. The van der Waals surface area contributed by atoms with Crippen molar-refractivity contribution in [3.05, 3.63) is 23.8 Å². The van der Waals surface area contributed by atoms with Crippen LogP contribution in [-0.4, -0.2) is 43.6 Å². The van der Waals surface area contributed by atoms with Crippen LogP contribution < -0.4 is 10.5 Å². The van der Waals surface area contributed by atoms with Gasteiger partial charge in [0.15, 0.2) is 6.61 Å². The summed E-state index contributed by atoms with van der Waals surface area (Å²) in [5.74, 6) is -0.243. The van der Waals surface area contributed by atoms with Crippen LogP contribution in [0.5, 0.6) is 5.75 Å². The molecule has 0 aliphatic carbocycles. The highest BCUT2D eigenvalue weighted by Gasteiger charge is 2.13. The number of hydrogen-bond acceptors (Lipinski definition) is 5. The Labute approximate surface area is 137 Å². The zero-order chi connectivity index (χ0) is 17.2. The second-order valence-electron chi connectivity index (χ2n) is 5.35. The van der Waals surface area contributed by atoms with Gasteiger partial charge in [-0.15, -0.1) is 0 Å². The molecule has 0 spiro atoms. The van der Waals surface area contributed by atoms with Gasteiger partial charge in [0.25, 0.3) is 5.91 Å². The second kappa shape index (κ2) is 9.71. The molecule has 0 saturated heterocycles. The van der Waals surface area contributed by atoms with Gasteiger partial charge in [-0.05, 0) is 31.0 Å². The number of carbonyl (C=O) groups excluding carboxylic acids is 2. The third-order valence-corrected chi connectivity index (χ3v) is 3.31. The molecule has 0 aliphatic rings. The number of likely N-dealkylation sites (N-methyl/N-ethyl adjacent to an activating group) is 1. The number of nitrogen functional groups attached to an aromatic ring is 1. The first-order valence-corrected chi connectivity index (χ1v) is 7.93. The first kappa shape index (κ1) is 18.8. The van der Waals surface area contributed by atoms with E-state index < -0.39 is 5.97 Å². The lowest BCUT2D eigenvalue weighted by Gasteiger charge is -2.17. The van der Waals surface area contributed by atoms with Crippen molar-refractivity contribution in [2.45, 2.75) is 33.1 Å². The van der Waals surface area contributed by atoms with Crippen LogP contribution in [0.3, 0.4) is 0 Å². The van der Waals surface area contributed by atoms with Crippen LogP contribution in [0.1, 0.15) is 43.5 Å². The monoisotopic (exact) mass is 322 g/mol. The molecule has 0 saturated carbocycles. The quantitative estimate of drug-likeness (QED) is 0.558. The summed E-state index contributed by atoms with van der Waals surface area (Å²) in [5, 5.41) is 0. The lowest BCUT2D eigenvalue weighted by atomic mass is 10.2. The maximum absolute atomic E-state index is 12.0. The van der Waals surface area contributed by atoms with Crippen LogP contribution in [0.15, 0.2) is 18.2 Å². The van der Waals surface area contributed by atoms with Gasteiger partial charge in [-0.1, -0.05) is 20.3 Å².